The van der Waals surface area contributed by atoms with Crippen LogP contribution in [0.15, 0.2) is 188 Å². The van der Waals surface area contributed by atoms with Crippen molar-refractivity contribution in [3.05, 3.63) is 199 Å². The Morgan fingerprint density at radius 2 is 1.05 bits per heavy atom. The number of thiophene rings is 1. The Balaban J connectivity index is 1.08. The molecule has 0 fully saturated rings. The lowest BCUT2D eigenvalue weighted by Crippen LogP contribution is -2.16. The second-order valence-electron chi connectivity index (χ2n) is 15.3. The van der Waals surface area contributed by atoms with E-state index in [9.17, 15) is 0 Å². The van der Waals surface area contributed by atoms with E-state index in [0.29, 0.717) is 0 Å². The first kappa shape index (κ1) is 32.0. The highest BCUT2D eigenvalue weighted by atomic mass is 32.1. The molecule has 10 aromatic rings. The molecule has 1 nitrogen and oxygen atoms in total. The summed E-state index contributed by atoms with van der Waals surface area (Å²) >= 11 is 1.88. The zero-order chi connectivity index (χ0) is 36.7. The molecule has 0 N–H and O–H groups in total. The Bertz CT molecular complexity index is 3130. The number of benzene rings is 9. The van der Waals surface area contributed by atoms with Gasteiger partial charge in [0.2, 0.25) is 0 Å². The zero-order valence-electron chi connectivity index (χ0n) is 30.8. The molecular formula is C53H37NS. The second-order valence-corrected chi connectivity index (χ2v) is 16.4. The van der Waals surface area contributed by atoms with E-state index in [-0.39, 0.29) is 5.41 Å². The Morgan fingerprint density at radius 3 is 1.96 bits per heavy atom. The summed E-state index contributed by atoms with van der Waals surface area (Å²) in [7, 11) is 0. The molecule has 1 aliphatic rings. The van der Waals surface area contributed by atoms with Gasteiger partial charge in [0.05, 0.1) is 16.1 Å². The highest BCUT2D eigenvalue weighted by Gasteiger charge is 2.38. The first-order valence-electron chi connectivity index (χ1n) is 19.1. The number of fused-ring (bicyclic) bond motifs is 8. The van der Waals surface area contributed by atoms with Gasteiger partial charge in [0, 0.05) is 32.1 Å². The van der Waals surface area contributed by atoms with E-state index in [4.69, 9.17) is 0 Å². The molecule has 0 unspecified atom stereocenters. The van der Waals surface area contributed by atoms with E-state index in [2.05, 4.69) is 207 Å². The number of hydrogen-bond donors (Lipinski definition) is 0. The molecule has 0 bridgehead atoms. The fourth-order valence-corrected chi connectivity index (χ4v) is 10.3. The first-order chi connectivity index (χ1) is 27.0. The Labute approximate surface area is 325 Å². The predicted octanol–water partition coefficient (Wildman–Crippen LogP) is 15.5. The van der Waals surface area contributed by atoms with Gasteiger partial charge >= 0.3 is 0 Å². The van der Waals surface area contributed by atoms with Crippen LogP contribution in [0.2, 0.25) is 0 Å². The largest absolute Gasteiger partial charge is 0.308 e. The molecule has 0 amide bonds. The SMILES string of the molecule is CC1(C)c2ccccc2-c2c(N(c3ccc(-c4ccc5cccc(-c6ccc7ccccc7c6)c5c4)cc3)c3cccc4c3sc3ccccc34)cccc21. The molecular weight excluding hydrogens is 683 g/mol. The van der Waals surface area contributed by atoms with Crippen LogP contribution in [0, 0.1) is 0 Å². The van der Waals surface area contributed by atoms with Crippen LogP contribution >= 0.6 is 11.3 Å². The van der Waals surface area contributed by atoms with Crippen molar-refractivity contribution >= 4 is 70.1 Å². The number of rotatable bonds is 5. The number of anilines is 3. The minimum Gasteiger partial charge on any atom is -0.308 e. The topological polar surface area (TPSA) is 3.24 Å². The van der Waals surface area contributed by atoms with Crippen LogP contribution in [0.4, 0.5) is 17.1 Å². The predicted molar refractivity (Wildman–Crippen MR) is 237 cm³/mol. The summed E-state index contributed by atoms with van der Waals surface area (Å²) in [5.74, 6) is 0. The van der Waals surface area contributed by atoms with Gasteiger partial charge in [-0.25, -0.2) is 0 Å². The monoisotopic (exact) mass is 719 g/mol. The van der Waals surface area contributed by atoms with Gasteiger partial charge in [-0.2, -0.15) is 0 Å². The van der Waals surface area contributed by atoms with Gasteiger partial charge in [0.25, 0.3) is 0 Å². The summed E-state index contributed by atoms with van der Waals surface area (Å²) < 4.78 is 2.61. The summed E-state index contributed by atoms with van der Waals surface area (Å²) in [6.45, 7) is 4.73. The minimum atomic E-state index is -0.0944. The maximum Gasteiger partial charge on any atom is 0.0640 e. The lowest BCUT2D eigenvalue weighted by atomic mass is 9.82. The molecule has 1 heterocycles. The average molecular weight is 720 g/mol. The molecule has 0 radical (unpaired) electrons. The van der Waals surface area contributed by atoms with E-state index in [1.807, 2.05) is 11.3 Å². The molecule has 0 aliphatic heterocycles. The zero-order valence-corrected chi connectivity index (χ0v) is 31.6. The highest BCUT2D eigenvalue weighted by molar-refractivity contribution is 7.26. The normalized spacial score (nSPS) is 13.1. The van der Waals surface area contributed by atoms with Crippen LogP contribution in [0.5, 0.6) is 0 Å². The lowest BCUT2D eigenvalue weighted by Gasteiger charge is -2.29. The third kappa shape index (κ3) is 4.99. The Kier molecular flexibility index (Phi) is 7.14. The van der Waals surface area contributed by atoms with E-state index in [1.54, 1.807) is 0 Å². The molecule has 0 saturated carbocycles. The molecule has 2 heteroatoms. The van der Waals surface area contributed by atoms with Crippen molar-refractivity contribution in [3.63, 3.8) is 0 Å². The van der Waals surface area contributed by atoms with Crippen molar-refractivity contribution in [2.45, 2.75) is 19.3 Å². The molecule has 0 spiro atoms. The van der Waals surface area contributed by atoms with Gasteiger partial charge in [-0.05, 0) is 103 Å². The number of nitrogens with zero attached hydrogens (tertiary/aromatic N) is 1. The average Bonchev–Trinajstić information content (AvgIpc) is 3.73. The van der Waals surface area contributed by atoms with Gasteiger partial charge in [-0.1, -0.05) is 159 Å². The van der Waals surface area contributed by atoms with Crippen LogP contribution in [0.1, 0.15) is 25.0 Å². The van der Waals surface area contributed by atoms with E-state index in [0.717, 1.165) is 5.69 Å². The minimum absolute atomic E-state index is 0.0944. The highest BCUT2D eigenvalue weighted by Crippen LogP contribution is 2.55. The van der Waals surface area contributed by atoms with Crippen LogP contribution in [0.25, 0.3) is 75.1 Å². The first-order valence-corrected chi connectivity index (χ1v) is 19.9. The summed E-state index contributed by atoms with van der Waals surface area (Å²) in [5.41, 5.74) is 13.8. The summed E-state index contributed by atoms with van der Waals surface area (Å²) in [6.07, 6.45) is 0. The van der Waals surface area contributed by atoms with Crippen LogP contribution in [-0.2, 0) is 5.41 Å². The van der Waals surface area contributed by atoms with Crippen molar-refractivity contribution < 1.29 is 0 Å². The van der Waals surface area contributed by atoms with Gasteiger partial charge in [0.1, 0.15) is 0 Å². The van der Waals surface area contributed by atoms with Crippen LogP contribution in [-0.4, -0.2) is 0 Å². The van der Waals surface area contributed by atoms with Gasteiger partial charge < -0.3 is 4.90 Å². The lowest BCUT2D eigenvalue weighted by molar-refractivity contribution is 0.660. The smallest absolute Gasteiger partial charge is 0.0640 e. The van der Waals surface area contributed by atoms with Crippen molar-refractivity contribution in [1.29, 1.82) is 0 Å². The van der Waals surface area contributed by atoms with Crippen molar-refractivity contribution in [2.75, 3.05) is 4.90 Å². The maximum atomic E-state index is 2.51. The summed E-state index contributed by atoms with van der Waals surface area (Å²) in [4.78, 5) is 2.51. The van der Waals surface area contributed by atoms with Crippen molar-refractivity contribution in [3.8, 4) is 33.4 Å². The fourth-order valence-electron chi connectivity index (χ4n) is 9.10. The molecule has 9 aromatic carbocycles. The van der Waals surface area contributed by atoms with Crippen LogP contribution in [0.3, 0.4) is 0 Å². The fraction of sp³-hybridized carbons (Fsp3) is 0.0566. The summed E-state index contributed by atoms with van der Waals surface area (Å²) in [5, 5.41) is 7.64. The maximum absolute atomic E-state index is 2.51. The van der Waals surface area contributed by atoms with Gasteiger partial charge in [-0.15, -0.1) is 11.3 Å². The molecule has 0 saturated heterocycles. The summed E-state index contributed by atoms with van der Waals surface area (Å²) in [6, 6.07) is 69.6. The Morgan fingerprint density at radius 1 is 0.418 bits per heavy atom. The third-order valence-corrected chi connectivity index (χ3v) is 13.1. The van der Waals surface area contributed by atoms with Crippen LogP contribution < -0.4 is 4.90 Å². The number of hydrogen-bond acceptors (Lipinski definition) is 2. The second kappa shape index (κ2) is 12.3. The molecule has 0 atom stereocenters. The molecule has 11 rings (SSSR count). The van der Waals surface area contributed by atoms with E-state index >= 15 is 0 Å². The van der Waals surface area contributed by atoms with Crippen molar-refractivity contribution in [2.24, 2.45) is 0 Å². The third-order valence-electron chi connectivity index (χ3n) is 11.9. The van der Waals surface area contributed by atoms with Gasteiger partial charge in [-0.3, -0.25) is 0 Å². The molecule has 55 heavy (non-hydrogen) atoms. The molecule has 260 valence electrons. The molecule has 1 aliphatic carbocycles. The standard InChI is InChI=1S/C53H37NS/c1-53(2)46-19-7-5-16-44(46)51-47(53)20-11-21-48(51)54(49-22-10-18-43-42-15-6-8-23-50(42)55-52(43)49)40-30-28-35(29-31-40)38-26-25-36-14-9-17-41(45(36)33-38)39-27-24-34-12-3-4-13-37(34)32-39/h3-33H,1-2H3. The van der Waals surface area contributed by atoms with E-state index in [1.165, 1.54) is 97.6 Å². The van der Waals surface area contributed by atoms with Crippen molar-refractivity contribution in [1.82, 2.24) is 0 Å². The van der Waals surface area contributed by atoms with Gasteiger partial charge in [0.15, 0.2) is 0 Å². The van der Waals surface area contributed by atoms with E-state index < -0.39 is 0 Å². The quantitative estimate of drug-likeness (QED) is 0.171. The molecule has 1 aromatic heterocycles. The Hall–Kier alpha value is -6.48.